The number of fused-ring (bicyclic) bond motifs is 1. The van der Waals surface area contributed by atoms with Crippen molar-refractivity contribution in [3.8, 4) is 0 Å². The maximum atomic E-state index is 2.49. The molecule has 0 unspecified atom stereocenters. The molecule has 0 saturated carbocycles. The van der Waals surface area contributed by atoms with Crippen molar-refractivity contribution >= 4 is 0 Å². The van der Waals surface area contributed by atoms with Crippen LogP contribution in [-0.2, 0) is 6.54 Å². The second kappa shape index (κ2) is 5.61. The van der Waals surface area contributed by atoms with Crippen molar-refractivity contribution in [3.05, 3.63) is 34.9 Å². The van der Waals surface area contributed by atoms with E-state index in [1.54, 1.807) is 16.0 Å². The third kappa shape index (κ3) is 2.69. The highest BCUT2D eigenvalue weighted by Gasteiger charge is 2.34. The molecule has 0 radical (unpaired) electrons. The van der Waals surface area contributed by atoms with Crippen LogP contribution < -0.4 is 15.1 Å². The first-order chi connectivity index (χ1) is 9.28. The second-order valence-electron chi connectivity index (χ2n) is 6.25. The average Bonchev–Trinajstić information content (AvgIpc) is 2.47. The molecule has 1 aromatic rings. The van der Waals surface area contributed by atoms with E-state index in [4.69, 9.17) is 0 Å². The van der Waals surface area contributed by atoms with Gasteiger partial charge >= 0.3 is 0 Å². The Hall–Kier alpha value is -0.900. The quantitative estimate of drug-likeness (QED) is 0.545. The average molecular weight is 262 g/mol. The SMILES string of the molecule is CC[NH+]1CC[NH+]([C@@H]2C[NH2+]Cc3ccc(C)cc32)CC1. The van der Waals surface area contributed by atoms with Crippen LogP contribution in [0.1, 0.15) is 29.7 Å². The van der Waals surface area contributed by atoms with Gasteiger partial charge in [0.25, 0.3) is 0 Å². The number of hydrogen-bond donors (Lipinski definition) is 3. The third-order valence-electron chi connectivity index (χ3n) is 5.04. The number of piperazine rings is 1. The highest BCUT2D eigenvalue weighted by atomic mass is 15.3. The van der Waals surface area contributed by atoms with Crippen LogP contribution in [0.15, 0.2) is 18.2 Å². The van der Waals surface area contributed by atoms with Crippen LogP contribution in [0.5, 0.6) is 0 Å². The molecule has 0 amide bonds. The zero-order valence-corrected chi connectivity index (χ0v) is 12.3. The van der Waals surface area contributed by atoms with Gasteiger partial charge in [-0.05, 0) is 19.9 Å². The number of nitrogens with one attached hydrogen (secondary N) is 2. The molecular formula is C16H28N3+3. The minimum atomic E-state index is 0.724. The van der Waals surface area contributed by atoms with Crippen LogP contribution in [0.3, 0.4) is 0 Å². The van der Waals surface area contributed by atoms with Crippen LogP contribution in [0.2, 0.25) is 0 Å². The zero-order valence-electron chi connectivity index (χ0n) is 12.3. The summed E-state index contributed by atoms with van der Waals surface area (Å²) in [5.41, 5.74) is 4.62. The Bertz CT molecular complexity index is 436. The lowest BCUT2D eigenvalue weighted by atomic mass is 9.93. The third-order valence-corrected chi connectivity index (χ3v) is 5.04. The van der Waals surface area contributed by atoms with E-state index in [1.165, 1.54) is 51.4 Å². The molecule has 104 valence electrons. The number of quaternary nitrogens is 3. The molecule has 2 aliphatic heterocycles. The first-order valence-corrected chi connectivity index (χ1v) is 7.87. The summed E-state index contributed by atoms with van der Waals surface area (Å²) in [6.07, 6.45) is 0. The fourth-order valence-electron chi connectivity index (χ4n) is 3.77. The summed E-state index contributed by atoms with van der Waals surface area (Å²) < 4.78 is 0. The molecule has 0 aromatic heterocycles. The summed E-state index contributed by atoms with van der Waals surface area (Å²) in [5, 5.41) is 2.49. The lowest BCUT2D eigenvalue weighted by molar-refractivity contribution is -1.03. The minimum absolute atomic E-state index is 0.724. The van der Waals surface area contributed by atoms with Crippen molar-refractivity contribution in [1.82, 2.24) is 0 Å². The Labute approximate surface area is 116 Å². The molecule has 3 nitrogen and oxygen atoms in total. The minimum Gasteiger partial charge on any atom is -0.337 e. The van der Waals surface area contributed by atoms with E-state index in [1.807, 2.05) is 4.90 Å². The maximum Gasteiger partial charge on any atom is 0.163 e. The Kier molecular flexibility index (Phi) is 3.87. The van der Waals surface area contributed by atoms with Gasteiger partial charge in [-0.1, -0.05) is 17.7 Å². The number of benzene rings is 1. The molecule has 2 aliphatic rings. The van der Waals surface area contributed by atoms with Crippen molar-refractivity contribution in [2.45, 2.75) is 26.4 Å². The van der Waals surface area contributed by atoms with Gasteiger partial charge in [0.2, 0.25) is 0 Å². The van der Waals surface area contributed by atoms with E-state index in [0.717, 1.165) is 6.04 Å². The lowest BCUT2D eigenvalue weighted by Crippen LogP contribution is -3.28. The first kappa shape index (κ1) is 13.1. The summed E-state index contributed by atoms with van der Waals surface area (Å²) in [4.78, 5) is 3.60. The van der Waals surface area contributed by atoms with E-state index >= 15 is 0 Å². The van der Waals surface area contributed by atoms with Crippen LogP contribution in [-0.4, -0.2) is 39.3 Å². The molecule has 2 heterocycles. The maximum absolute atomic E-state index is 2.49. The zero-order chi connectivity index (χ0) is 13.2. The summed E-state index contributed by atoms with van der Waals surface area (Å²) in [6, 6.07) is 7.78. The number of rotatable bonds is 2. The molecule has 1 aromatic carbocycles. The molecule has 0 aliphatic carbocycles. The molecule has 0 spiro atoms. The lowest BCUT2D eigenvalue weighted by Gasteiger charge is -2.35. The predicted molar refractivity (Wildman–Crippen MR) is 76.4 cm³/mol. The largest absolute Gasteiger partial charge is 0.337 e. The van der Waals surface area contributed by atoms with Gasteiger partial charge in [-0.3, -0.25) is 0 Å². The molecule has 0 bridgehead atoms. The molecule has 19 heavy (non-hydrogen) atoms. The van der Waals surface area contributed by atoms with Crippen LogP contribution in [0.25, 0.3) is 0 Å². The molecule has 1 atom stereocenters. The fourth-order valence-corrected chi connectivity index (χ4v) is 3.77. The van der Waals surface area contributed by atoms with Gasteiger partial charge in [0.15, 0.2) is 6.04 Å². The van der Waals surface area contributed by atoms with Crippen molar-refractivity contribution in [1.29, 1.82) is 0 Å². The Morgan fingerprint density at radius 3 is 2.74 bits per heavy atom. The Morgan fingerprint density at radius 2 is 2.00 bits per heavy atom. The predicted octanol–water partition coefficient (Wildman–Crippen LogP) is -2.08. The number of hydrogen-bond acceptors (Lipinski definition) is 0. The molecule has 3 rings (SSSR count). The number of likely N-dealkylation sites (N-methyl/N-ethyl adjacent to an activating group) is 1. The fraction of sp³-hybridized carbons (Fsp3) is 0.625. The molecule has 4 N–H and O–H groups in total. The summed E-state index contributed by atoms with van der Waals surface area (Å²) in [7, 11) is 0. The summed E-state index contributed by atoms with van der Waals surface area (Å²) in [5.74, 6) is 0. The summed E-state index contributed by atoms with van der Waals surface area (Å²) in [6.45, 7) is 13.7. The van der Waals surface area contributed by atoms with Crippen LogP contribution >= 0.6 is 0 Å². The Balaban J connectivity index is 1.78. The number of nitrogens with two attached hydrogens (primary N) is 1. The van der Waals surface area contributed by atoms with Gasteiger partial charge in [-0.15, -0.1) is 0 Å². The number of aryl methyl sites for hydroxylation is 1. The van der Waals surface area contributed by atoms with Gasteiger partial charge in [0.05, 0.1) is 6.54 Å². The smallest absolute Gasteiger partial charge is 0.163 e. The second-order valence-corrected chi connectivity index (χ2v) is 6.25. The van der Waals surface area contributed by atoms with Gasteiger partial charge in [-0.2, -0.15) is 0 Å². The topological polar surface area (TPSA) is 25.5 Å². The van der Waals surface area contributed by atoms with Crippen molar-refractivity contribution in [2.24, 2.45) is 0 Å². The van der Waals surface area contributed by atoms with Gasteiger partial charge in [-0.25, -0.2) is 0 Å². The van der Waals surface area contributed by atoms with E-state index in [2.05, 4.69) is 37.4 Å². The van der Waals surface area contributed by atoms with Crippen molar-refractivity contribution in [2.75, 3.05) is 39.3 Å². The normalized spacial score (nSPS) is 30.9. The van der Waals surface area contributed by atoms with Gasteiger partial charge in [0, 0.05) is 11.1 Å². The van der Waals surface area contributed by atoms with Crippen LogP contribution in [0.4, 0.5) is 0 Å². The highest BCUT2D eigenvalue weighted by molar-refractivity contribution is 5.33. The molecular weight excluding hydrogens is 234 g/mol. The molecule has 1 saturated heterocycles. The molecule has 3 heteroatoms. The Morgan fingerprint density at radius 1 is 1.21 bits per heavy atom. The van der Waals surface area contributed by atoms with E-state index in [-0.39, 0.29) is 0 Å². The van der Waals surface area contributed by atoms with E-state index in [0.29, 0.717) is 0 Å². The van der Waals surface area contributed by atoms with Crippen molar-refractivity contribution in [3.63, 3.8) is 0 Å². The van der Waals surface area contributed by atoms with Crippen molar-refractivity contribution < 1.29 is 15.1 Å². The van der Waals surface area contributed by atoms with E-state index < -0.39 is 0 Å². The standard InChI is InChI=1S/C16H25N3/c1-3-18-6-8-19(9-7-18)16-12-17-11-14-5-4-13(2)10-15(14)16/h4-5,10,16-17H,3,6-9,11-12H2,1-2H3/p+3/t16-/m1/s1. The van der Waals surface area contributed by atoms with Gasteiger partial charge < -0.3 is 15.1 Å². The van der Waals surface area contributed by atoms with Crippen LogP contribution in [0, 0.1) is 6.92 Å². The van der Waals surface area contributed by atoms with E-state index in [9.17, 15) is 0 Å². The first-order valence-electron chi connectivity index (χ1n) is 7.87. The molecule has 1 fully saturated rings. The highest BCUT2D eigenvalue weighted by Crippen LogP contribution is 2.18. The van der Waals surface area contributed by atoms with Gasteiger partial charge in [0.1, 0.15) is 39.3 Å². The summed E-state index contributed by atoms with van der Waals surface area (Å²) >= 11 is 0. The monoisotopic (exact) mass is 262 g/mol.